The van der Waals surface area contributed by atoms with Crippen molar-refractivity contribution in [1.82, 2.24) is 0 Å². The minimum Gasteiger partial charge on any atom is -0.481 e. The Balaban J connectivity index is 0.000000889. The summed E-state index contributed by atoms with van der Waals surface area (Å²) in [7, 11) is 0.475. The summed E-state index contributed by atoms with van der Waals surface area (Å²) in [6, 6.07) is 21.8. The lowest BCUT2D eigenvalue weighted by Crippen LogP contribution is -2.66. The van der Waals surface area contributed by atoms with Crippen molar-refractivity contribution in [2.45, 2.75) is 308 Å². The maximum absolute atomic E-state index is 12.4. The van der Waals surface area contributed by atoms with Crippen molar-refractivity contribution in [3.05, 3.63) is 85.0 Å². The molecule has 0 heterocycles. The van der Waals surface area contributed by atoms with E-state index in [4.69, 9.17) is 9.53 Å². The summed E-state index contributed by atoms with van der Waals surface area (Å²) in [6.45, 7) is 7.82. The largest absolute Gasteiger partial charge is 0.481 e. The van der Waals surface area contributed by atoms with Gasteiger partial charge in [0, 0.05) is 51.6 Å². The van der Waals surface area contributed by atoms with Crippen molar-refractivity contribution >= 4 is 48.2 Å². The minimum absolute atomic E-state index is 0.0253. The fourth-order valence-corrected chi connectivity index (χ4v) is 15.5. The predicted molar refractivity (Wildman–Crippen MR) is 347 cm³/mol. The zero-order valence-corrected chi connectivity index (χ0v) is 54.1. The van der Waals surface area contributed by atoms with E-state index in [1.54, 1.807) is 0 Å². The Hall–Kier alpha value is -4.15. The number of esters is 2. The number of carbonyl (C=O) groups excluding carboxylic acids is 4. The molecule has 1 N–H and O–H groups in total. The van der Waals surface area contributed by atoms with E-state index >= 15 is 0 Å². The third-order valence-electron chi connectivity index (χ3n) is 15.9. The van der Waals surface area contributed by atoms with Gasteiger partial charge in [-0.15, -0.1) is 0 Å². The van der Waals surface area contributed by atoms with E-state index in [0.29, 0.717) is 30.8 Å². The molecule has 0 aliphatic carbocycles. The van der Waals surface area contributed by atoms with Crippen molar-refractivity contribution < 1.29 is 43.0 Å². The molecule has 0 saturated heterocycles. The molecule has 0 bridgehead atoms. The molecule has 0 spiro atoms. The highest BCUT2D eigenvalue weighted by Crippen LogP contribution is 2.37. The highest BCUT2D eigenvalue weighted by atomic mass is 28.4. The zero-order valence-electron chi connectivity index (χ0n) is 53.1. The predicted octanol–water partition coefficient (Wildman–Crippen LogP) is 19.4. The van der Waals surface area contributed by atoms with Crippen LogP contribution in [-0.4, -0.2) is 63.7 Å². The summed E-state index contributed by atoms with van der Waals surface area (Å²) in [5.41, 5.74) is 0. The zero-order chi connectivity index (χ0) is 59.9. The summed E-state index contributed by atoms with van der Waals surface area (Å²) in [5.74, 6) is -0.0472. The summed E-state index contributed by atoms with van der Waals surface area (Å²) in [6.07, 6.45) is 56.1. The number of aliphatic carboxylic acids is 1. The molecule has 0 radical (unpaired) electrons. The molecule has 0 aromatic heterocycles. The fourth-order valence-electron chi connectivity index (χ4n) is 10.9. The highest BCUT2D eigenvalue weighted by Gasteiger charge is 2.50. The molecule has 0 saturated carbocycles. The lowest BCUT2D eigenvalue weighted by Gasteiger charge is -2.43. The van der Waals surface area contributed by atoms with Crippen LogP contribution in [0.15, 0.2) is 85.0 Å². The molecule has 2 aromatic rings. The van der Waals surface area contributed by atoms with Gasteiger partial charge in [0.05, 0.1) is 14.2 Å². The Labute approximate surface area is 502 Å². The number of carboxylic acid groups (broad SMARTS) is 1. The molecule has 2 rings (SSSR count). The van der Waals surface area contributed by atoms with Crippen LogP contribution in [0.2, 0.25) is 5.04 Å². The normalized spacial score (nSPS) is 11.7. The number of Topliss-reactive ketones (excluding diaryl/α,β-unsaturated/α-hetero) is 2. The van der Waals surface area contributed by atoms with Gasteiger partial charge in [0.15, 0.2) is 0 Å². The Morgan fingerprint density at radius 1 is 0.366 bits per heavy atom. The molecule has 10 heteroatoms. The van der Waals surface area contributed by atoms with Crippen molar-refractivity contribution in [2.75, 3.05) is 20.8 Å². The molecule has 9 nitrogen and oxygen atoms in total. The van der Waals surface area contributed by atoms with Crippen molar-refractivity contribution in [3.63, 3.8) is 0 Å². The Bertz CT molecular complexity index is 1870. The van der Waals surface area contributed by atoms with Crippen LogP contribution in [0.5, 0.6) is 0 Å². The molecule has 82 heavy (non-hydrogen) atoms. The molecule has 2 aromatic carbocycles. The van der Waals surface area contributed by atoms with Crippen LogP contribution in [-0.2, 0) is 37.9 Å². The quantitative estimate of drug-likeness (QED) is 0.0297. The summed E-state index contributed by atoms with van der Waals surface area (Å²) in [5, 5.41) is 11.3. The molecule has 0 unspecified atom stereocenters. The lowest BCUT2D eigenvalue weighted by molar-refractivity contribution is -0.141. The van der Waals surface area contributed by atoms with Crippen LogP contribution in [0.3, 0.4) is 0 Å². The van der Waals surface area contributed by atoms with Crippen molar-refractivity contribution in [3.8, 4) is 0 Å². The van der Waals surface area contributed by atoms with Gasteiger partial charge in [0.1, 0.15) is 11.6 Å². The van der Waals surface area contributed by atoms with Gasteiger partial charge in [0.2, 0.25) is 0 Å². The maximum Gasteiger partial charge on any atom is 0.305 e. The third-order valence-corrected chi connectivity index (χ3v) is 20.9. The molecular weight excluding hydrogens is 1040 g/mol. The second kappa shape index (κ2) is 53.6. The summed E-state index contributed by atoms with van der Waals surface area (Å²) in [4.78, 5) is 56.8. The SMILES string of the molecule is COC(=O)CCCCCCC/C=C\CCCCCCCCC(=O)CCCCCCCC(=O)O.COC(=O)CCCCCCC/C=C\CCCCCCCCC(=O)CCCCCCCCO[Si](c1ccccc1)(c1ccccc1)C(C)(C)C. The van der Waals surface area contributed by atoms with E-state index < -0.39 is 14.3 Å². The average Bonchev–Trinajstić information content (AvgIpc) is 3.65. The van der Waals surface area contributed by atoms with E-state index in [9.17, 15) is 24.0 Å². The summed E-state index contributed by atoms with van der Waals surface area (Å²) < 4.78 is 16.3. The number of unbranched alkanes of at least 4 members (excludes halogenated alkanes) is 31. The van der Waals surface area contributed by atoms with Gasteiger partial charge in [-0.1, -0.05) is 241 Å². The number of benzene rings is 2. The van der Waals surface area contributed by atoms with E-state index in [1.165, 1.54) is 159 Å². The van der Waals surface area contributed by atoms with Crippen LogP contribution < -0.4 is 10.4 Å². The number of hydrogen-bond acceptors (Lipinski definition) is 8. The average molecular weight is 1160 g/mol. The maximum atomic E-state index is 12.4. The molecule has 0 aliphatic rings. The molecule has 0 aliphatic heterocycles. The first-order chi connectivity index (χ1) is 39.9. The van der Waals surface area contributed by atoms with Gasteiger partial charge >= 0.3 is 17.9 Å². The van der Waals surface area contributed by atoms with Crippen LogP contribution in [0.25, 0.3) is 0 Å². The van der Waals surface area contributed by atoms with E-state index in [1.807, 2.05) is 0 Å². The summed E-state index contributed by atoms with van der Waals surface area (Å²) >= 11 is 0. The first-order valence-electron chi connectivity index (χ1n) is 33.3. The molecule has 466 valence electrons. The highest BCUT2D eigenvalue weighted by molar-refractivity contribution is 6.99. The van der Waals surface area contributed by atoms with Gasteiger partial charge < -0.3 is 19.0 Å². The van der Waals surface area contributed by atoms with Crippen LogP contribution in [0, 0.1) is 0 Å². The second-order valence-corrected chi connectivity index (χ2v) is 28.5. The molecule has 0 amide bonds. The van der Waals surface area contributed by atoms with Gasteiger partial charge in [-0.3, -0.25) is 24.0 Å². The lowest BCUT2D eigenvalue weighted by atomic mass is 10.0. The number of allylic oxidation sites excluding steroid dienone is 4. The Kier molecular flexibility index (Phi) is 49.6. The fraction of sp³-hybridized carbons (Fsp3) is 0.708. The first kappa shape index (κ1) is 75.9. The van der Waals surface area contributed by atoms with Gasteiger partial charge in [-0.2, -0.15) is 0 Å². The second-order valence-electron chi connectivity index (χ2n) is 24.1. The van der Waals surface area contributed by atoms with Gasteiger partial charge in [-0.05, 0) is 118 Å². The van der Waals surface area contributed by atoms with Gasteiger partial charge in [-0.25, -0.2) is 0 Å². The van der Waals surface area contributed by atoms with E-state index in [0.717, 1.165) is 129 Å². The number of ether oxygens (including phenoxy) is 2. The molecular formula is C72H120O9Si. The monoisotopic (exact) mass is 1160 g/mol. The van der Waals surface area contributed by atoms with E-state index in [-0.39, 0.29) is 23.4 Å². The molecule has 0 atom stereocenters. The van der Waals surface area contributed by atoms with Crippen LogP contribution in [0.4, 0.5) is 0 Å². The number of ketones is 2. The van der Waals surface area contributed by atoms with Gasteiger partial charge in [0.25, 0.3) is 8.32 Å². The van der Waals surface area contributed by atoms with Crippen molar-refractivity contribution in [2.24, 2.45) is 0 Å². The first-order valence-corrected chi connectivity index (χ1v) is 35.2. The minimum atomic E-state index is -2.43. The number of rotatable bonds is 54. The number of hydrogen-bond donors (Lipinski definition) is 1. The van der Waals surface area contributed by atoms with Crippen molar-refractivity contribution in [1.29, 1.82) is 0 Å². The molecule has 0 fully saturated rings. The third kappa shape index (κ3) is 42.6. The Morgan fingerprint density at radius 3 is 0.902 bits per heavy atom. The smallest absolute Gasteiger partial charge is 0.305 e. The van der Waals surface area contributed by atoms with Crippen LogP contribution >= 0.6 is 0 Å². The number of carbonyl (C=O) groups is 5. The Morgan fingerprint density at radius 2 is 0.622 bits per heavy atom. The van der Waals surface area contributed by atoms with Crippen LogP contribution in [0.1, 0.15) is 303 Å². The topological polar surface area (TPSA) is 133 Å². The number of methoxy groups -OCH3 is 2. The standard InChI is InChI=1S/C44H70O4Si.C28H50O5/c1-44(2,3)49(41-34-26-22-27-35-41,42-36-28-23-29-37-42)48-39-31-21-17-16-19-25-33-40(45)32-24-18-14-12-10-8-6-5-7-9-11-13-15-20-30-38-43(46)47-4;1-33-28(32)25-21-17-12-10-8-6-4-2-3-5-7-9-11-14-18-22-26(29)23-19-15-13-16-20-24-27(30)31/h5,7,22-23,26-29,34-37H,6,8-21,24-25,30-33,38-39H2,1-4H3;2,4H,3,5-25H2,1H3,(H,30,31)/b7-5-;4-2-. The number of carboxylic acids is 1. The van der Waals surface area contributed by atoms with E-state index in [2.05, 4.69) is 115 Å².